The molecule has 3 rings (SSSR count). The van der Waals surface area contributed by atoms with Crippen LogP contribution in [0.25, 0.3) is 0 Å². The van der Waals surface area contributed by atoms with Crippen molar-refractivity contribution in [3.8, 4) is 5.75 Å². The number of amides is 2. The SMILES string of the molecule is O=C(NCCCOc1ccc(F)cc1)N1CCN(c2ccncc2)CC1. The van der Waals surface area contributed by atoms with Crippen molar-refractivity contribution in [2.45, 2.75) is 6.42 Å². The number of piperazine rings is 1. The third-order valence-corrected chi connectivity index (χ3v) is 4.27. The number of aromatic nitrogens is 1. The number of hydrogen-bond acceptors (Lipinski definition) is 4. The van der Waals surface area contributed by atoms with Crippen molar-refractivity contribution in [3.63, 3.8) is 0 Å². The van der Waals surface area contributed by atoms with E-state index in [1.54, 1.807) is 24.5 Å². The van der Waals surface area contributed by atoms with Gasteiger partial charge in [-0.3, -0.25) is 4.98 Å². The Hall–Kier alpha value is -2.83. The Balaban J connectivity index is 1.31. The third-order valence-electron chi connectivity index (χ3n) is 4.27. The van der Waals surface area contributed by atoms with Crippen LogP contribution >= 0.6 is 0 Å². The molecule has 2 heterocycles. The number of hydrogen-bond donors (Lipinski definition) is 1. The summed E-state index contributed by atoms with van der Waals surface area (Å²) >= 11 is 0. The number of halogens is 1. The topological polar surface area (TPSA) is 57.7 Å². The molecule has 0 saturated carbocycles. The van der Waals surface area contributed by atoms with Gasteiger partial charge in [-0.1, -0.05) is 0 Å². The molecule has 1 aliphatic rings. The number of carbonyl (C=O) groups excluding carboxylic acids is 1. The molecule has 0 spiro atoms. The van der Waals surface area contributed by atoms with Crippen LogP contribution in [0.1, 0.15) is 6.42 Å². The number of carbonyl (C=O) groups is 1. The standard InChI is InChI=1S/C19H23FN4O2/c20-16-2-4-18(5-3-16)26-15-1-8-22-19(25)24-13-11-23(12-14-24)17-6-9-21-10-7-17/h2-7,9-10H,1,8,11-15H2,(H,22,25). The van der Waals surface area contributed by atoms with Crippen LogP contribution in [0.5, 0.6) is 5.75 Å². The molecule has 1 saturated heterocycles. The molecule has 0 aliphatic carbocycles. The number of benzene rings is 1. The van der Waals surface area contributed by atoms with E-state index in [4.69, 9.17) is 4.74 Å². The summed E-state index contributed by atoms with van der Waals surface area (Å²) in [5, 5.41) is 2.92. The van der Waals surface area contributed by atoms with Crippen molar-refractivity contribution in [1.82, 2.24) is 15.2 Å². The fraction of sp³-hybridized carbons (Fsp3) is 0.368. The van der Waals surface area contributed by atoms with E-state index in [0.717, 1.165) is 18.8 Å². The second kappa shape index (κ2) is 9.03. The van der Waals surface area contributed by atoms with E-state index in [0.29, 0.717) is 38.4 Å². The number of urea groups is 1. The first-order chi connectivity index (χ1) is 12.7. The van der Waals surface area contributed by atoms with Crippen LogP contribution in [0.4, 0.5) is 14.9 Å². The lowest BCUT2D eigenvalue weighted by Gasteiger charge is -2.36. The largest absolute Gasteiger partial charge is 0.494 e. The van der Waals surface area contributed by atoms with E-state index in [9.17, 15) is 9.18 Å². The maximum absolute atomic E-state index is 12.8. The quantitative estimate of drug-likeness (QED) is 0.806. The van der Waals surface area contributed by atoms with Crippen LogP contribution in [0.2, 0.25) is 0 Å². The second-order valence-electron chi connectivity index (χ2n) is 6.07. The van der Waals surface area contributed by atoms with Crippen molar-refractivity contribution in [1.29, 1.82) is 0 Å². The average molecular weight is 358 g/mol. The zero-order valence-electron chi connectivity index (χ0n) is 14.6. The molecule has 1 aliphatic heterocycles. The van der Waals surface area contributed by atoms with E-state index < -0.39 is 0 Å². The molecule has 6 nitrogen and oxygen atoms in total. The first-order valence-electron chi connectivity index (χ1n) is 8.78. The Labute approximate surface area is 152 Å². The summed E-state index contributed by atoms with van der Waals surface area (Å²) in [5.74, 6) is 0.346. The van der Waals surface area contributed by atoms with Gasteiger partial charge in [0.1, 0.15) is 11.6 Å². The van der Waals surface area contributed by atoms with Gasteiger partial charge in [-0.15, -0.1) is 0 Å². The maximum Gasteiger partial charge on any atom is 0.317 e. The summed E-state index contributed by atoms with van der Waals surface area (Å²) in [7, 11) is 0. The predicted molar refractivity (Wildman–Crippen MR) is 97.9 cm³/mol. The molecule has 138 valence electrons. The van der Waals surface area contributed by atoms with Gasteiger partial charge in [0.05, 0.1) is 6.61 Å². The zero-order valence-corrected chi connectivity index (χ0v) is 14.6. The molecule has 0 atom stereocenters. The summed E-state index contributed by atoms with van der Waals surface area (Å²) in [5.41, 5.74) is 1.14. The maximum atomic E-state index is 12.8. The van der Waals surface area contributed by atoms with Crippen LogP contribution in [-0.4, -0.2) is 55.2 Å². The van der Waals surface area contributed by atoms with Gasteiger partial charge in [-0.25, -0.2) is 9.18 Å². The van der Waals surface area contributed by atoms with Crippen LogP contribution in [0.15, 0.2) is 48.8 Å². The lowest BCUT2D eigenvalue weighted by Crippen LogP contribution is -2.52. The molecule has 7 heteroatoms. The fourth-order valence-corrected chi connectivity index (χ4v) is 2.82. The molecule has 1 N–H and O–H groups in total. The molecule has 2 aromatic rings. The van der Waals surface area contributed by atoms with Crippen molar-refractivity contribution in [2.75, 3.05) is 44.2 Å². The Morgan fingerprint density at radius 2 is 1.77 bits per heavy atom. The van der Waals surface area contributed by atoms with Crippen molar-refractivity contribution < 1.29 is 13.9 Å². The normalized spacial score (nSPS) is 14.2. The minimum atomic E-state index is -0.284. The van der Waals surface area contributed by atoms with E-state index in [2.05, 4.69) is 15.2 Å². The Kier molecular flexibility index (Phi) is 6.24. The highest BCUT2D eigenvalue weighted by Crippen LogP contribution is 2.14. The first-order valence-corrected chi connectivity index (χ1v) is 8.78. The zero-order chi connectivity index (χ0) is 18.2. The highest BCUT2D eigenvalue weighted by molar-refractivity contribution is 5.74. The fourth-order valence-electron chi connectivity index (χ4n) is 2.82. The van der Waals surface area contributed by atoms with Crippen LogP contribution in [0.3, 0.4) is 0 Å². The average Bonchev–Trinajstić information content (AvgIpc) is 2.70. The van der Waals surface area contributed by atoms with Gasteiger partial charge in [0, 0.05) is 50.8 Å². The number of rotatable bonds is 6. The lowest BCUT2D eigenvalue weighted by molar-refractivity contribution is 0.193. The minimum absolute atomic E-state index is 0.0406. The van der Waals surface area contributed by atoms with Crippen molar-refractivity contribution in [2.24, 2.45) is 0 Å². The van der Waals surface area contributed by atoms with Gasteiger partial charge in [-0.05, 0) is 42.8 Å². The number of anilines is 1. The third kappa shape index (κ3) is 5.08. The lowest BCUT2D eigenvalue weighted by atomic mass is 10.3. The first kappa shape index (κ1) is 18.0. The molecular formula is C19H23FN4O2. The highest BCUT2D eigenvalue weighted by atomic mass is 19.1. The van der Waals surface area contributed by atoms with Gasteiger partial charge < -0.3 is 19.9 Å². The molecule has 26 heavy (non-hydrogen) atoms. The van der Waals surface area contributed by atoms with Crippen molar-refractivity contribution in [3.05, 3.63) is 54.6 Å². The molecule has 1 fully saturated rings. The summed E-state index contributed by atoms with van der Waals surface area (Å²) < 4.78 is 18.3. The molecule has 0 unspecified atom stereocenters. The number of ether oxygens (including phenoxy) is 1. The smallest absolute Gasteiger partial charge is 0.317 e. The molecule has 0 bridgehead atoms. The summed E-state index contributed by atoms with van der Waals surface area (Å²) in [6.45, 7) is 4.03. The Bertz CT molecular complexity index is 688. The predicted octanol–water partition coefficient (Wildman–Crippen LogP) is 2.52. The molecule has 1 aromatic carbocycles. The Morgan fingerprint density at radius 1 is 1.08 bits per heavy atom. The number of nitrogens with one attached hydrogen (secondary N) is 1. The van der Waals surface area contributed by atoms with E-state index >= 15 is 0 Å². The van der Waals surface area contributed by atoms with E-state index in [1.807, 2.05) is 17.0 Å². The Morgan fingerprint density at radius 3 is 2.46 bits per heavy atom. The summed E-state index contributed by atoms with van der Waals surface area (Å²) in [6, 6.07) is 9.84. The van der Waals surface area contributed by atoms with E-state index in [-0.39, 0.29) is 11.8 Å². The second-order valence-corrected chi connectivity index (χ2v) is 6.07. The van der Waals surface area contributed by atoms with Gasteiger partial charge in [0.15, 0.2) is 0 Å². The molecular weight excluding hydrogens is 335 g/mol. The monoisotopic (exact) mass is 358 g/mol. The molecule has 2 amide bonds. The highest BCUT2D eigenvalue weighted by Gasteiger charge is 2.20. The minimum Gasteiger partial charge on any atom is -0.494 e. The van der Waals surface area contributed by atoms with Crippen LogP contribution < -0.4 is 15.0 Å². The van der Waals surface area contributed by atoms with E-state index in [1.165, 1.54) is 12.1 Å². The van der Waals surface area contributed by atoms with Gasteiger partial charge >= 0.3 is 6.03 Å². The van der Waals surface area contributed by atoms with Crippen molar-refractivity contribution >= 4 is 11.7 Å². The molecule has 0 radical (unpaired) electrons. The van der Waals surface area contributed by atoms with Gasteiger partial charge in [-0.2, -0.15) is 0 Å². The number of pyridine rings is 1. The van der Waals surface area contributed by atoms with Crippen LogP contribution in [0, 0.1) is 5.82 Å². The summed E-state index contributed by atoms with van der Waals surface area (Å²) in [4.78, 5) is 20.3. The van der Waals surface area contributed by atoms with Crippen LogP contribution in [-0.2, 0) is 0 Å². The van der Waals surface area contributed by atoms with Gasteiger partial charge in [0.25, 0.3) is 0 Å². The van der Waals surface area contributed by atoms with Gasteiger partial charge in [0.2, 0.25) is 0 Å². The number of nitrogens with zero attached hydrogens (tertiary/aromatic N) is 3. The summed E-state index contributed by atoms with van der Waals surface area (Å²) in [6.07, 6.45) is 4.25. The molecule has 1 aromatic heterocycles.